The summed E-state index contributed by atoms with van der Waals surface area (Å²) in [6, 6.07) is 6.86. The van der Waals surface area contributed by atoms with Gasteiger partial charge in [-0.25, -0.2) is 0 Å². The molecule has 7 heteroatoms. The summed E-state index contributed by atoms with van der Waals surface area (Å²) in [6.45, 7) is 2.40. The van der Waals surface area contributed by atoms with E-state index in [1.165, 1.54) is 17.8 Å². The molecule has 0 radical (unpaired) electrons. The van der Waals surface area contributed by atoms with Crippen LogP contribution in [0.5, 0.6) is 11.5 Å². The van der Waals surface area contributed by atoms with E-state index in [0.29, 0.717) is 17.9 Å². The van der Waals surface area contributed by atoms with Crippen LogP contribution in [0.2, 0.25) is 5.02 Å². The molecule has 2 aromatic heterocycles. The molecule has 1 aliphatic rings. The zero-order chi connectivity index (χ0) is 17.6. The molecular formula is C18H18ClN3O3. The van der Waals surface area contributed by atoms with Gasteiger partial charge in [-0.05, 0) is 18.2 Å². The highest BCUT2D eigenvalue weighted by Gasteiger charge is 2.27. The normalized spacial score (nSPS) is 14.6. The minimum absolute atomic E-state index is 0.0830. The van der Waals surface area contributed by atoms with Crippen LogP contribution in [0.25, 0.3) is 11.3 Å². The molecule has 0 aliphatic carbocycles. The number of hydrogen-bond donors (Lipinski definition) is 2. The minimum atomic E-state index is -0.165. The second-order valence-electron chi connectivity index (χ2n) is 6.33. The Morgan fingerprint density at radius 2 is 2.12 bits per heavy atom. The first-order valence-electron chi connectivity index (χ1n) is 8.04. The van der Waals surface area contributed by atoms with Gasteiger partial charge in [0.25, 0.3) is 0 Å². The minimum Gasteiger partial charge on any atom is -0.507 e. The van der Waals surface area contributed by atoms with E-state index >= 15 is 0 Å². The SMILES string of the molecule is Cn1cccc1CN1CCc2noc(-c3cc(Cl)c(O)cc3O)c2C1. The van der Waals surface area contributed by atoms with Gasteiger partial charge in [0.15, 0.2) is 5.76 Å². The van der Waals surface area contributed by atoms with E-state index in [2.05, 4.69) is 20.7 Å². The zero-order valence-corrected chi connectivity index (χ0v) is 14.5. The van der Waals surface area contributed by atoms with E-state index < -0.39 is 0 Å². The van der Waals surface area contributed by atoms with Crippen LogP contribution in [0.3, 0.4) is 0 Å². The lowest BCUT2D eigenvalue weighted by Crippen LogP contribution is -2.30. The average Bonchev–Trinajstić information content (AvgIpc) is 3.17. The van der Waals surface area contributed by atoms with Crippen LogP contribution in [0, 0.1) is 0 Å². The fourth-order valence-electron chi connectivity index (χ4n) is 3.24. The molecule has 3 heterocycles. The number of phenols is 2. The summed E-state index contributed by atoms with van der Waals surface area (Å²) in [4.78, 5) is 2.32. The number of aryl methyl sites for hydroxylation is 1. The number of hydrogen-bond acceptors (Lipinski definition) is 5. The van der Waals surface area contributed by atoms with Crippen LogP contribution >= 0.6 is 11.6 Å². The lowest BCUT2D eigenvalue weighted by Gasteiger charge is -2.26. The van der Waals surface area contributed by atoms with Gasteiger partial charge in [-0.2, -0.15) is 0 Å². The Morgan fingerprint density at radius 1 is 1.28 bits per heavy atom. The van der Waals surface area contributed by atoms with E-state index in [9.17, 15) is 10.2 Å². The van der Waals surface area contributed by atoms with Crippen molar-refractivity contribution in [3.63, 3.8) is 0 Å². The number of benzene rings is 1. The lowest BCUT2D eigenvalue weighted by molar-refractivity contribution is 0.239. The first-order chi connectivity index (χ1) is 12.0. The van der Waals surface area contributed by atoms with Crippen molar-refractivity contribution in [1.29, 1.82) is 0 Å². The molecule has 0 spiro atoms. The topological polar surface area (TPSA) is 74.7 Å². The quantitative estimate of drug-likeness (QED) is 0.750. The monoisotopic (exact) mass is 359 g/mol. The predicted octanol–water partition coefficient (Wildman–Crippen LogP) is 3.30. The summed E-state index contributed by atoms with van der Waals surface area (Å²) < 4.78 is 7.61. The molecule has 0 atom stereocenters. The maximum atomic E-state index is 10.2. The first-order valence-corrected chi connectivity index (χ1v) is 8.42. The Morgan fingerprint density at radius 3 is 2.88 bits per heavy atom. The van der Waals surface area contributed by atoms with Crippen molar-refractivity contribution in [3.8, 4) is 22.8 Å². The van der Waals surface area contributed by atoms with Crippen molar-refractivity contribution in [1.82, 2.24) is 14.6 Å². The predicted molar refractivity (Wildman–Crippen MR) is 93.5 cm³/mol. The molecule has 0 unspecified atom stereocenters. The van der Waals surface area contributed by atoms with E-state index in [1.54, 1.807) is 0 Å². The van der Waals surface area contributed by atoms with Gasteiger partial charge < -0.3 is 19.3 Å². The van der Waals surface area contributed by atoms with Gasteiger partial charge in [-0.1, -0.05) is 16.8 Å². The molecule has 2 N–H and O–H groups in total. The Bertz CT molecular complexity index is 932. The van der Waals surface area contributed by atoms with Crippen molar-refractivity contribution in [3.05, 3.63) is 52.4 Å². The van der Waals surface area contributed by atoms with Crippen LogP contribution < -0.4 is 0 Å². The third-order valence-corrected chi connectivity index (χ3v) is 4.97. The largest absolute Gasteiger partial charge is 0.507 e. The van der Waals surface area contributed by atoms with E-state index in [-0.39, 0.29) is 16.5 Å². The van der Waals surface area contributed by atoms with E-state index in [1.807, 2.05) is 19.3 Å². The molecule has 130 valence electrons. The second-order valence-corrected chi connectivity index (χ2v) is 6.74. The third-order valence-electron chi connectivity index (χ3n) is 4.66. The highest BCUT2D eigenvalue weighted by atomic mass is 35.5. The Balaban J connectivity index is 1.66. The van der Waals surface area contributed by atoms with Crippen molar-refractivity contribution in [2.45, 2.75) is 19.5 Å². The lowest BCUT2D eigenvalue weighted by atomic mass is 10.0. The highest BCUT2D eigenvalue weighted by Crippen LogP contribution is 2.40. The van der Waals surface area contributed by atoms with Gasteiger partial charge in [-0.15, -0.1) is 0 Å². The molecule has 0 bridgehead atoms. The molecule has 0 amide bonds. The summed E-state index contributed by atoms with van der Waals surface area (Å²) in [5.41, 5.74) is 3.54. The molecule has 1 aliphatic heterocycles. The number of nitrogens with zero attached hydrogens (tertiary/aromatic N) is 3. The van der Waals surface area contributed by atoms with Crippen molar-refractivity contribution >= 4 is 11.6 Å². The number of phenolic OH excluding ortho intramolecular Hbond substituents is 2. The summed E-state index contributed by atoms with van der Waals surface area (Å²) >= 11 is 5.99. The average molecular weight is 360 g/mol. The summed E-state index contributed by atoms with van der Waals surface area (Å²) in [5.74, 6) is 0.257. The molecule has 1 aromatic carbocycles. The fraction of sp³-hybridized carbons (Fsp3) is 0.278. The molecule has 0 fully saturated rings. The summed E-state index contributed by atoms with van der Waals surface area (Å²) in [7, 11) is 2.03. The molecule has 3 aromatic rings. The second kappa shape index (κ2) is 6.13. The molecule has 4 rings (SSSR count). The number of rotatable bonds is 3. The standard InChI is InChI=1S/C18H18ClN3O3/c1-21-5-2-3-11(21)9-22-6-4-15-13(10-22)18(25-20-15)12-7-14(19)17(24)8-16(12)23/h2-3,5,7-8,23-24H,4,6,9-10H2,1H3. The fourth-order valence-corrected chi connectivity index (χ4v) is 3.40. The van der Waals surface area contributed by atoms with E-state index in [0.717, 1.165) is 30.8 Å². The van der Waals surface area contributed by atoms with Gasteiger partial charge in [0, 0.05) is 56.6 Å². The Kier molecular flexibility index (Phi) is 3.94. The van der Waals surface area contributed by atoms with Gasteiger partial charge in [0.05, 0.1) is 16.3 Å². The van der Waals surface area contributed by atoms with Crippen LogP contribution in [0.4, 0.5) is 0 Å². The molecule has 0 saturated heterocycles. The molecular weight excluding hydrogens is 342 g/mol. The first kappa shape index (κ1) is 16.1. The number of aromatic hydroxyl groups is 2. The smallest absolute Gasteiger partial charge is 0.175 e. The number of halogens is 1. The van der Waals surface area contributed by atoms with E-state index in [4.69, 9.17) is 16.1 Å². The van der Waals surface area contributed by atoms with Crippen molar-refractivity contribution < 1.29 is 14.7 Å². The maximum Gasteiger partial charge on any atom is 0.175 e. The maximum absolute atomic E-state index is 10.2. The summed E-state index contributed by atoms with van der Waals surface area (Å²) in [5, 5.41) is 24.1. The molecule has 6 nitrogen and oxygen atoms in total. The Hall–Kier alpha value is -2.44. The van der Waals surface area contributed by atoms with Crippen LogP contribution in [0.1, 0.15) is 17.0 Å². The van der Waals surface area contributed by atoms with Gasteiger partial charge >= 0.3 is 0 Å². The number of fused-ring (bicyclic) bond motifs is 1. The van der Waals surface area contributed by atoms with Crippen molar-refractivity contribution in [2.24, 2.45) is 7.05 Å². The van der Waals surface area contributed by atoms with Crippen LogP contribution in [-0.4, -0.2) is 31.4 Å². The number of aromatic nitrogens is 2. The third kappa shape index (κ3) is 2.88. The summed E-state index contributed by atoms with van der Waals surface area (Å²) in [6.07, 6.45) is 2.82. The Labute approximate surface area is 149 Å². The van der Waals surface area contributed by atoms with Crippen LogP contribution in [0.15, 0.2) is 35.0 Å². The van der Waals surface area contributed by atoms with Gasteiger partial charge in [0.1, 0.15) is 11.5 Å². The van der Waals surface area contributed by atoms with Gasteiger partial charge in [0.2, 0.25) is 0 Å². The van der Waals surface area contributed by atoms with Crippen LogP contribution in [-0.2, 0) is 26.6 Å². The zero-order valence-electron chi connectivity index (χ0n) is 13.7. The molecule has 0 saturated carbocycles. The highest BCUT2D eigenvalue weighted by molar-refractivity contribution is 6.32. The van der Waals surface area contributed by atoms with Crippen molar-refractivity contribution in [2.75, 3.05) is 6.54 Å². The van der Waals surface area contributed by atoms with Gasteiger partial charge in [-0.3, -0.25) is 4.90 Å². The molecule has 25 heavy (non-hydrogen) atoms.